The predicted octanol–water partition coefficient (Wildman–Crippen LogP) is 2.09. The molecule has 1 aromatic heterocycles. The van der Waals surface area contributed by atoms with Gasteiger partial charge in [-0.05, 0) is 26.0 Å². The zero-order valence-electron chi connectivity index (χ0n) is 9.68. The Labute approximate surface area is 94.5 Å². The number of para-hydroxylation sites is 2. The highest BCUT2D eigenvalue weighted by Crippen LogP contribution is 2.35. The monoisotopic (exact) mass is 214 g/mol. The Kier molecular flexibility index (Phi) is 1.80. The van der Waals surface area contributed by atoms with Crippen molar-refractivity contribution in [1.82, 2.24) is 14.8 Å². The number of benzene rings is 1. The van der Waals surface area contributed by atoms with Gasteiger partial charge in [-0.1, -0.05) is 12.1 Å². The first-order valence-corrected chi connectivity index (χ1v) is 5.44. The van der Waals surface area contributed by atoms with Crippen molar-refractivity contribution in [3.05, 3.63) is 35.9 Å². The highest BCUT2D eigenvalue weighted by molar-refractivity contribution is 5.65. The molecule has 82 valence electrons. The van der Waals surface area contributed by atoms with Gasteiger partial charge in [-0.3, -0.25) is 0 Å². The molecule has 1 atom stereocenters. The molecule has 3 rings (SSSR count). The molecule has 0 spiro atoms. The lowest BCUT2D eigenvalue weighted by Gasteiger charge is -2.32. The second-order valence-corrected chi connectivity index (χ2v) is 4.20. The van der Waals surface area contributed by atoms with Crippen LogP contribution in [0.15, 0.2) is 24.3 Å². The van der Waals surface area contributed by atoms with Crippen LogP contribution in [0.3, 0.4) is 0 Å². The van der Waals surface area contributed by atoms with Crippen molar-refractivity contribution in [1.29, 1.82) is 0 Å². The Morgan fingerprint density at radius 2 is 1.88 bits per heavy atom. The summed E-state index contributed by atoms with van der Waals surface area (Å²) in [4.78, 5) is 6.73. The highest BCUT2D eigenvalue weighted by atomic mass is 15.4. The average Bonchev–Trinajstić information content (AvgIpc) is 2.68. The van der Waals surface area contributed by atoms with Crippen LogP contribution in [0.1, 0.15) is 24.6 Å². The van der Waals surface area contributed by atoms with E-state index >= 15 is 0 Å². The van der Waals surface area contributed by atoms with Crippen LogP contribution in [0.2, 0.25) is 0 Å². The van der Waals surface area contributed by atoms with E-state index in [0.717, 1.165) is 17.3 Å². The van der Waals surface area contributed by atoms with Crippen LogP contribution in [0.4, 0.5) is 5.69 Å². The fraction of sp³-hybridized carbons (Fsp3) is 0.333. The smallest absolute Gasteiger partial charge is 0.154 e. The van der Waals surface area contributed by atoms with Crippen molar-refractivity contribution in [2.75, 3.05) is 11.9 Å². The molecule has 0 N–H and O–H groups in total. The molecule has 1 aliphatic heterocycles. The zero-order chi connectivity index (χ0) is 11.3. The second kappa shape index (κ2) is 3.07. The summed E-state index contributed by atoms with van der Waals surface area (Å²) in [5.74, 6) is 1.84. The molecule has 4 heteroatoms. The van der Waals surface area contributed by atoms with Gasteiger partial charge in [0.2, 0.25) is 0 Å². The number of aryl methyl sites for hydroxylation is 1. The van der Waals surface area contributed by atoms with Crippen molar-refractivity contribution in [2.45, 2.75) is 19.9 Å². The zero-order valence-corrected chi connectivity index (χ0v) is 9.68. The van der Waals surface area contributed by atoms with Gasteiger partial charge in [0.05, 0.1) is 17.4 Å². The Morgan fingerprint density at radius 1 is 1.19 bits per heavy atom. The molecule has 2 heterocycles. The fourth-order valence-corrected chi connectivity index (χ4v) is 2.20. The average molecular weight is 214 g/mol. The van der Waals surface area contributed by atoms with Gasteiger partial charge >= 0.3 is 0 Å². The predicted molar refractivity (Wildman–Crippen MR) is 62.9 cm³/mol. The van der Waals surface area contributed by atoms with Gasteiger partial charge < -0.3 is 4.90 Å². The molecule has 0 saturated heterocycles. The third-order valence-electron chi connectivity index (χ3n) is 3.18. The molecule has 0 amide bonds. The van der Waals surface area contributed by atoms with Gasteiger partial charge in [-0.25, -0.2) is 9.67 Å². The number of fused-ring (bicyclic) bond motifs is 3. The second-order valence-electron chi connectivity index (χ2n) is 4.20. The van der Waals surface area contributed by atoms with E-state index < -0.39 is 0 Å². The van der Waals surface area contributed by atoms with Crippen LogP contribution in [-0.4, -0.2) is 21.8 Å². The molecule has 0 aliphatic carbocycles. The third-order valence-corrected chi connectivity index (χ3v) is 3.18. The Morgan fingerprint density at radius 3 is 2.62 bits per heavy atom. The third kappa shape index (κ3) is 1.10. The molecule has 1 aliphatic rings. The molecule has 16 heavy (non-hydrogen) atoms. The maximum atomic E-state index is 4.49. The van der Waals surface area contributed by atoms with E-state index in [-0.39, 0.29) is 6.04 Å². The van der Waals surface area contributed by atoms with Gasteiger partial charge in [-0.15, -0.1) is 0 Å². The van der Waals surface area contributed by atoms with Crippen molar-refractivity contribution in [3.8, 4) is 5.69 Å². The lowest BCUT2D eigenvalue weighted by atomic mass is 10.1. The van der Waals surface area contributed by atoms with Gasteiger partial charge in [0.25, 0.3) is 0 Å². The Hall–Kier alpha value is -1.84. The summed E-state index contributed by atoms with van der Waals surface area (Å²) in [7, 11) is 2.09. The van der Waals surface area contributed by atoms with E-state index in [9.17, 15) is 0 Å². The molecule has 0 bridgehead atoms. The lowest BCUT2D eigenvalue weighted by molar-refractivity contribution is 0.623. The normalized spacial score (nSPS) is 18.2. The summed E-state index contributed by atoms with van der Waals surface area (Å²) in [6, 6.07) is 8.54. The van der Waals surface area contributed by atoms with Gasteiger partial charge in [0.1, 0.15) is 5.82 Å². The minimum absolute atomic E-state index is 0.260. The first-order chi connectivity index (χ1) is 7.68. The number of rotatable bonds is 0. The van der Waals surface area contributed by atoms with E-state index in [2.05, 4.69) is 47.2 Å². The fourth-order valence-electron chi connectivity index (χ4n) is 2.20. The van der Waals surface area contributed by atoms with Crippen LogP contribution in [0.25, 0.3) is 5.69 Å². The van der Waals surface area contributed by atoms with Crippen molar-refractivity contribution in [2.24, 2.45) is 0 Å². The van der Waals surface area contributed by atoms with E-state index in [1.165, 1.54) is 5.69 Å². The molecular formula is C12H14N4. The summed E-state index contributed by atoms with van der Waals surface area (Å²) < 4.78 is 1.95. The number of aromatic nitrogens is 3. The Balaban J connectivity index is 2.32. The van der Waals surface area contributed by atoms with Crippen molar-refractivity contribution < 1.29 is 0 Å². The molecule has 0 radical (unpaired) electrons. The van der Waals surface area contributed by atoms with E-state index in [1.54, 1.807) is 0 Å². The van der Waals surface area contributed by atoms with Crippen LogP contribution in [-0.2, 0) is 0 Å². The topological polar surface area (TPSA) is 34.0 Å². The molecular weight excluding hydrogens is 200 g/mol. The standard InChI is InChI=1S/C12H14N4/c1-8-12-13-9(2)14-16(12)11-7-5-4-6-10(11)15(8)3/h4-8H,1-3H3/t8-/m0/s1. The molecule has 0 unspecified atom stereocenters. The first kappa shape index (κ1) is 9.39. The number of nitrogens with zero attached hydrogens (tertiary/aromatic N) is 4. The summed E-state index contributed by atoms with van der Waals surface area (Å²) >= 11 is 0. The van der Waals surface area contributed by atoms with Crippen LogP contribution < -0.4 is 4.90 Å². The summed E-state index contributed by atoms with van der Waals surface area (Å²) in [6.45, 7) is 4.08. The lowest BCUT2D eigenvalue weighted by Crippen LogP contribution is -2.30. The Bertz CT molecular complexity index is 544. The minimum atomic E-state index is 0.260. The highest BCUT2D eigenvalue weighted by Gasteiger charge is 2.27. The van der Waals surface area contributed by atoms with E-state index in [0.29, 0.717) is 0 Å². The van der Waals surface area contributed by atoms with Gasteiger partial charge in [-0.2, -0.15) is 5.10 Å². The van der Waals surface area contributed by atoms with Crippen molar-refractivity contribution in [3.63, 3.8) is 0 Å². The molecule has 0 saturated carbocycles. The van der Waals surface area contributed by atoms with Crippen molar-refractivity contribution >= 4 is 5.69 Å². The number of hydrogen-bond donors (Lipinski definition) is 0. The quantitative estimate of drug-likeness (QED) is 0.673. The van der Waals surface area contributed by atoms with Gasteiger partial charge in [0.15, 0.2) is 5.82 Å². The van der Waals surface area contributed by atoms with Crippen LogP contribution >= 0.6 is 0 Å². The van der Waals surface area contributed by atoms with Crippen LogP contribution in [0.5, 0.6) is 0 Å². The summed E-state index contributed by atoms with van der Waals surface area (Å²) in [6.07, 6.45) is 0. The van der Waals surface area contributed by atoms with Crippen LogP contribution in [0, 0.1) is 6.92 Å². The first-order valence-electron chi connectivity index (χ1n) is 5.44. The molecule has 1 aromatic carbocycles. The molecule has 2 aromatic rings. The minimum Gasteiger partial charge on any atom is -0.363 e. The maximum absolute atomic E-state index is 4.49. The number of hydrogen-bond acceptors (Lipinski definition) is 3. The van der Waals surface area contributed by atoms with E-state index in [4.69, 9.17) is 0 Å². The largest absolute Gasteiger partial charge is 0.363 e. The van der Waals surface area contributed by atoms with Gasteiger partial charge in [0, 0.05) is 7.05 Å². The summed E-state index contributed by atoms with van der Waals surface area (Å²) in [5.41, 5.74) is 2.31. The SMILES string of the molecule is Cc1nc2n(n1)-c1ccccc1N(C)[C@H]2C. The molecule has 0 fully saturated rings. The number of anilines is 1. The maximum Gasteiger partial charge on any atom is 0.154 e. The van der Waals surface area contributed by atoms with E-state index in [1.807, 2.05) is 17.7 Å². The summed E-state index contributed by atoms with van der Waals surface area (Å²) in [5, 5.41) is 4.46. The molecule has 4 nitrogen and oxygen atoms in total.